The summed E-state index contributed by atoms with van der Waals surface area (Å²) in [5.74, 6) is -0.737. The smallest absolute Gasteiger partial charge is 0.451 e. The first-order chi connectivity index (χ1) is 8.11. The largest absolute Gasteiger partial charge is 0.461 e. The first kappa shape index (κ1) is 11.7. The molecule has 0 N–H and O–H groups in total. The summed E-state index contributed by atoms with van der Waals surface area (Å²) < 4.78 is 35.9. The molecule has 0 amide bonds. The first-order valence-corrected chi connectivity index (χ1v) is 5.18. The lowest BCUT2D eigenvalue weighted by Gasteiger charge is -2.01. The van der Waals surface area contributed by atoms with Crippen LogP contribution in [0.2, 0.25) is 0 Å². The van der Waals surface area contributed by atoms with Gasteiger partial charge in [0, 0.05) is 0 Å². The van der Waals surface area contributed by atoms with E-state index in [2.05, 4.69) is 5.10 Å². The summed E-state index contributed by atoms with van der Waals surface area (Å²) >= 11 is 0. The van der Waals surface area contributed by atoms with Crippen LogP contribution in [0.4, 0.5) is 8.78 Å². The van der Waals surface area contributed by atoms with Gasteiger partial charge in [0.15, 0.2) is 5.69 Å². The fourth-order valence-corrected chi connectivity index (χ4v) is 1.50. The molecule has 7 heteroatoms. The predicted molar refractivity (Wildman–Crippen MR) is 53.3 cm³/mol. The molecule has 0 saturated heterocycles. The lowest BCUT2D eigenvalue weighted by atomic mass is 10.3. The fourth-order valence-electron chi connectivity index (χ4n) is 1.50. The van der Waals surface area contributed by atoms with Crippen LogP contribution >= 0.6 is 0 Å². The van der Waals surface area contributed by atoms with E-state index in [4.69, 9.17) is 9.16 Å². The zero-order valence-corrected chi connectivity index (χ0v) is 9.15. The van der Waals surface area contributed by atoms with Gasteiger partial charge in [-0.3, -0.25) is 0 Å². The molecule has 0 radical (unpaired) electrons. The predicted octanol–water partition coefficient (Wildman–Crippen LogP) is 1.55. The summed E-state index contributed by atoms with van der Waals surface area (Å²) in [6.07, 6.45) is -2.53. The number of alkyl halides is 2. The first-order valence-electron chi connectivity index (χ1n) is 5.18. The zero-order valence-electron chi connectivity index (χ0n) is 9.15. The molecule has 5 nitrogen and oxygen atoms in total. The Kier molecular flexibility index (Phi) is 3.16. The van der Waals surface area contributed by atoms with Crippen molar-refractivity contribution in [1.29, 1.82) is 0 Å². The zero-order chi connectivity index (χ0) is 12.4. The topological polar surface area (TPSA) is 55.4 Å². The maximum Gasteiger partial charge on any atom is 0.451 e. The molecule has 0 bridgehead atoms. The van der Waals surface area contributed by atoms with Crippen LogP contribution in [0, 0.1) is 0 Å². The van der Waals surface area contributed by atoms with Gasteiger partial charge in [0.25, 0.3) is 0 Å². The normalized spacial score (nSPS) is 14.5. The van der Waals surface area contributed by atoms with E-state index in [9.17, 15) is 13.6 Å². The molecular weight excluding hydrogens is 234 g/mol. The van der Waals surface area contributed by atoms with Crippen molar-refractivity contribution in [1.82, 2.24) is 9.78 Å². The van der Waals surface area contributed by atoms with Gasteiger partial charge in [-0.05, 0) is 6.92 Å². The van der Waals surface area contributed by atoms with E-state index in [1.54, 1.807) is 6.92 Å². The van der Waals surface area contributed by atoms with Gasteiger partial charge in [0.05, 0.1) is 19.6 Å². The van der Waals surface area contributed by atoms with Gasteiger partial charge in [0.1, 0.15) is 6.07 Å². The maximum absolute atomic E-state index is 12.4. The molecule has 0 atom stereocenters. The van der Waals surface area contributed by atoms with Gasteiger partial charge >= 0.3 is 24.1 Å². The highest BCUT2D eigenvalue weighted by Crippen LogP contribution is 2.21. The molecule has 2 rings (SSSR count). The Morgan fingerprint density at radius 2 is 2.47 bits per heavy atom. The van der Waals surface area contributed by atoms with E-state index in [0.717, 1.165) is 0 Å². The van der Waals surface area contributed by atoms with Crippen molar-refractivity contribution >= 4 is 11.8 Å². The summed E-state index contributed by atoms with van der Waals surface area (Å²) in [5, 5.41) is 3.92. The highest BCUT2D eigenvalue weighted by Gasteiger charge is 2.34. The third-order valence-corrected chi connectivity index (χ3v) is 2.28. The molecule has 0 aliphatic carbocycles. The summed E-state index contributed by atoms with van der Waals surface area (Å²) in [6.45, 7) is 2.18. The van der Waals surface area contributed by atoms with Crippen molar-refractivity contribution in [2.45, 2.75) is 26.3 Å². The molecule has 2 heterocycles. The van der Waals surface area contributed by atoms with Crippen LogP contribution in [0.15, 0.2) is 6.07 Å². The van der Waals surface area contributed by atoms with Crippen molar-refractivity contribution in [2.75, 3.05) is 6.61 Å². The van der Waals surface area contributed by atoms with Crippen molar-refractivity contribution in [3.63, 3.8) is 0 Å². The summed E-state index contributed by atoms with van der Waals surface area (Å²) in [5.41, 5.74) is 0.0670. The van der Waals surface area contributed by atoms with E-state index < -0.39 is 12.4 Å². The number of ether oxygens (including phenoxy) is 1. The molecule has 0 saturated carbocycles. The Morgan fingerprint density at radius 1 is 1.71 bits per heavy atom. The minimum Gasteiger partial charge on any atom is -0.461 e. The number of carbonyl (C=O) groups excluding carboxylic acids is 2. The second kappa shape index (κ2) is 4.60. The lowest BCUT2D eigenvalue weighted by molar-refractivity contribution is -0.387. The number of aryl methyl sites for hydroxylation is 1. The Morgan fingerprint density at radius 3 is 3.12 bits per heavy atom. The van der Waals surface area contributed by atoms with Gasteiger partial charge in [0.2, 0.25) is 0 Å². The molecule has 1 aromatic rings. The molecular formula is C10H11F2N2O3+. The van der Waals surface area contributed by atoms with Crippen LogP contribution in [-0.2, 0) is 15.7 Å². The number of aromatic nitrogens is 2. The lowest BCUT2D eigenvalue weighted by Crippen LogP contribution is -2.20. The Bertz CT molecular complexity index is 468. The maximum atomic E-state index is 12.4. The van der Waals surface area contributed by atoms with Gasteiger partial charge < -0.3 is 4.74 Å². The van der Waals surface area contributed by atoms with E-state index in [0.29, 0.717) is 0 Å². The van der Waals surface area contributed by atoms with Gasteiger partial charge in [-0.25, -0.2) is 4.79 Å². The second-order valence-corrected chi connectivity index (χ2v) is 3.43. The van der Waals surface area contributed by atoms with Crippen LogP contribution in [0.1, 0.15) is 23.8 Å². The standard InChI is InChI=1S/C10H11F2N2O3/c1-2-16-10(15)6-5-8-14(13-6)4-3-7(17-8)9(11)12/h5,9H,2-4H2,1H3/q+1. The second-order valence-electron chi connectivity index (χ2n) is 3.43. The number of hydrogen-bond acceptors (Lipinski definition) is 3. The molecule has 0 unspecified atom stereocenters. The van der Waals surface area contributed by atoms with Crippen LogP contribution < -0.4 is 0 Å². The molecule has 1 aliphatic rings. The summed E-state index contributed by atoms with van der Waals surface area (Å²) in [4.78, 5) is 11.4. The average Bonchev–Trinajstić information content (AvgIpc) is 2.71. The van der Waals surface area contributed by atoms with Crippen LogP contribution in [0.25, 0.3) is 0 Å². The highest BCUT2D eigenvalue weighted by atomic mass is 19.3. The van der Waals surface area contributed by atoms with Crippen LogP contribution in [-0.4, -0.2) is 34.6 Å². The van der Waals surface area contributed by atoms with Crippen LogP contribution in [0.5, 0.6) is 5.88 Å². The third-order valence-electron chi connectivity index (χ3n) is 2.28. The molecule has 1 aliphatic heterocycles. The summed E-state index contributed by atoms with van der Waals surface area (Å²) in [7, 11) is 0. The van der Waals surface area contributed by atoms with Crippen molar-refractivity contribution in [2.24, 2.45) is 0 Å². The summed E-state index contributed by atoms with van der Waals surface area (Å²) in [6, 6.07) is 1.31. The number of rotatable bonds is 3. The minimum absolute atomic E-state index is 0.0670. The van der Waals surface area contributed by atoms with Crippen molar-refractivity contribution in [3.05, 3.63) is 11.8 Å². The number of esters is 1. The Labute approximate surface area is 95.7 Å². The molecule has 0 fully saturated rings. The van der Waals surface area contributed by atoms with Gasteiger partial charge in [-0.15, -0.1) is 0 Å². The minimum atomic E-state index is -2.62. The van der Waals surface area contributed by atoms with Gasteiger partial charge in [-0.1, -0.05) is 0 Å². The fraction of sp³-hybridized carbons (Fsp3) is 0.500. The molecule has 1 aromatic heterocycles. The van der Waals surface area contributed by atoms with Crippen LogP contribution in [0.3, 0.4) is 0 Å². The quantitative estimate of drug-likeness (QED) is 0.599. The third kappa shape index (κ3) is 2.32. The highest BCUT2D eigenvalue weighted by molar-refractivity contribution is 5.88. The number of fused-ring (bicyclic) bond motifs is 1. The number of ketones is 1. The van der Waals surface area contributed by atoms with E-state index in [-0.39, 0.29) is 36.9 Å². The number of nitrogens with zero attached hydrogens (tertiary/aromatic N) is 2. The number of halogens is 2. The van der Waals surface area contributed by atoms with E-state index in [1.165, 1.54) is 10.7 Å². The van der Waals surface area contributed by atoms with Crippen molar-refractivity contribution in [3.8, 4) is 5.88 Å². The number of hydrogen-bond donors (Lipinski definition) is 0. The van der Waals surface area contributed by atoms with Gasteiger partial charge in [-0.2, -0.15) is 23.0 Å². The molecule has 17 heavy (non-hydrogen) atoms. The average molecular weight is 245 g/mol. The Hall–Kier alpha value is -1.79. The van der Waals surface area contributed by atoms with E-state index >= 15 is 0 Å². The molecule has 92 valence electrons. The molecule has 0 spiro atoms. The monoisotopic (exact) mass is 245 g/mol. The Balaban J connectivity index is 2.26. The molecule has 0 aromatic carbocycles. The number of carbonyl (C=O) groups is 1. The van der Waals surface area contributed by atoms with Crippen molar-refractivity contribution < 1.29 is 22.7 Å². The SMILES string of the molecule is CCOC(=O)c1cc2n(n1)CCC(C(F)F)=[O+]2. The van der Waals surface area contributed by atoms with E-state index in [1.807, 2.05) is 0 Å².